The van der Waals surface area contributed by atoms with Crippen molar-refractivity contribution in [3.8, 4) is 0 Å². The molecule has 2 aromatic rings. The summed E-state index contributed by atoms with van der Waals surface area (Å²) in [7, 11) is -3.56. The number of aliphatic imine (C=N–C) groups is 1. The molecule has 1 N–H and O–H groups in total. The molecule has 0 fully saturated rings. The molecule has 0 saturated carbocycles. The van der Waals surface area contributed by atoms with Gasteiger partial charge in [-0.25, -0.2) is 22.9 Å². The van der Waals surface area contributed by atoms with Crippen LogP contribution in [0.1, 0.15) is 24.3 Å². The van der Waals surface area contributed by atoms with Crippen molar-refractivity contribution in [3.63, 3.8) is 0 Å². The number of carbonyl (C=O) groups is 1. The summed E-state index contributed by atoms with van der Waals surface area (Å²) in [6.45, 7) is 3.50. The number of nitrogens with zero attached hydrogens (tertiary/aromatic N) is 1. The van der Waals surface area contributed by atoms with Gasteiger partial charge >= 0.3 is 5.97 Å². The number of esters is 1. The lowest BCUT2D eigenvalue weighted by Gasteiger charge is -2.09. The van der Waals surface area contributed by atoms with Crippen LogP contribution >= 0.6 is 11.3 Å². The van der Waals surface area contributed by atoms with Crippen LogP contribution in [0, 0.1) is 0 Å². The molecule has 0 saturated heterocycles. The minimum absolute atomic E-state index is 0.143. The lowest BCUT2D eigenvalue weighted by atomic mass is 10.2. The molecule has 6 nitrogen and oxygen atoms in total. The second-order valence-corrected chi connectivity index (χ2v) is 8.35. The molecule has 1 aliphatic heterocycles. The molecule has 0 amide bonds. The molecule has 0 unspecified atom stereocenters. The smallest absolute Gasteiger partial charge is 0.363 e. The average Bonchev–Trinajstić information content (AvgIpc) is 3.17. The third kappa shape index (κ3) is 4.04. The summed E-state index contributed by atoms with van der Waals surface area (Å²) in [6.07, 6.45) is 1.66. The summed E-state index contributed by atoms with van der Waals surface area (Å²) in [6, 6.07) is 9.60. The van der Waals surface area contributed by atoms with Crippen molar-refractivity contribution in [1.29, 1.82) is 0 Å². The van der Waals surface area contributed by atoms with Gasteiger partial charge in [-0.15, -0.1) is 11.3 Å². The van der Waals surface area contributed by atoms with Crippen molar-refractivity contribution in [2.75, 3.05) is 0 Å². The number of ether oxygens (including phenoxy) is 1. The maximum absolute atomic E-state index is 12.1. The van der Waals surface area contributed by atoms with E-state index in [0.717, 1.165) is 4.88 Å². The molecule has 1 aromatic heterocycles. The summed E-state index contributed by atoms with van der Waals surface area (Å²) < 4.78 is 31.9. The van der Waals surface area contributed by atoms with Crippen molar-refractivity contribution in [2.45, 2.75) is 24.8 Å². The first kappa shape index (κ1) is 17.5. The molecule has 8 heteroatoms. The van der Waals surface area contributed by atoms with Crippen LogP contribution in [0.15, 0.2) is 57.4 Å². The van der Waals surface area contributed by atoms with E-state index in [9.17, 15) is 13.2 Å². The van der Waals surface area contributed by atoms with Gasteiger partial charge < -0.3 is 4.74 Å². The van der Waals surface area contributed by atoms with Gasteiger partial charge in [0.1, 0.15) is 0 Å². The first-order chi connectivity index (χ1) is 11.8. The van der Waals surface area contributed by atoms with Gasteiger partial charge in [-0.2, -0.15) is 0 Å². The molecule has 25 heavy (non-hydrogen) atoms. The fraction of sp³-hybridized carbons (Fsp3) is 0.176. The van der Waals surface area contributed by atoms with Gasteiger partial charge in [0, 0.05) is 16.5 Å². The number of hydrogen-bond donors (Lipinski definition) is 1. The third-order valence-electron chi connectivity index (χ3n) is 3.25. The highest BCUT2D eigenvalue weighted by molar-refractivity contribution is 7.89. The highest BCUT2D eigenvalue weighted by Crippen LogP contribution is 2.22. The van der Waals surface area contributed by atoms with Crippen LogP contribution in [0.2, 0.25) is 0 Å². The monoisotopic (exact) mass is 376 g/mol. The number of rotatable bonds is 5. The Labute approximate surface area is 149 Å². The van der Waals surface area contributed by atoms with Crippen molar-refractivity contribution in [2.24, 2.45) is 4.99 Å². The molecular formula is C17H16N2O4S2. The predicted molar refractivity (Wildman–Crippen MR) is 96.8 cm³/mol. The molecule has 0 spiro atoms. The quantitative estimate of drug-likeness (QED) is 0.642. The van der Waals surface area contributed by atoms with Crippen LogP contribution in [0.5, 0.6) is 0 Å². The number of nitrogens with one attached hydrogen (secondary N) is 1. The zero-order chi connectivity index (χ0) is 18.0. The van der Waals surface area contributed by atoms with Gasteiger partial charge in [0.05, 0.1) is 4.90 Å². The number of hydrogen-bond acceptors (Lipinski definition) is 6. The van der Waals surface area contributed by atoms with Crippen LogP contribution < -0.4 is 4.72 Å². The largest absolute Gasteiger partial charge is 0.402 e. The van der Waals surface area contributed by atoms with E-state index in [4.69, 9.17) is 4.74 Å². The average molecular weight is 376 g/mol. The van der Waals surface area contributed by atoms with Gasteiger partial charge in [0.2, 0.25) is 15.9 Å². The Bertz CT molecular complexity index is 941. The first-order valence-electron chi connectivity index (χ1n) is 7.54. The molecular weight excluding hydrogens is 360 g/mol. The van der Waals surface area contributed by atoms with Crippen LogP contribution in [-0.4, -0.2) is 26.3 Å². The Morgan fingerprint density at radius 1 is 1.20 bits per heavy atom. The normalized spacial score (nSPS) is 16.4. The van der Waals surface area contributed by atoms with Crippen molar-refractivity contribution in [1.82, 2.24) is 4.72 Å². The summed E-state index contributed by atoms with van der Waals surface area (Å²) in [5, 5.41) is 1.90. The molecule has 0 bridgehead atoms. The molecule has 130 valence electrons. The standard InChI is InChI=1S/C17H16N2O4S2/c1-11(2)19-25(21,22)14-7-5-12(6-8-14)16-18-15(17(20)23-16)10-13-4-3-9-24-13/h3-11,19H,1-2H3/b15-10+. The molecule has 0 atom stereocenters. The second kappa shape index (κ2) is 6.91. The Morgan fingerprint density at radius 2 is 1.92 bits per heavy atom. The van der Waals surface area contributed by atoms with E-state index in [0.29, 0.717) is 5.56 Å². The lowest BCUT2D eigenvalue weighted by molar-refractivity contribution is -0.129. The number of cyclic esters (lactones) is 1. The van der Waals surface area contributed by atoms with E-state index in [1.807, 2.05) is 17.5 Å². The van der Waals surface area contributed by atoms with Crippen LogP contribution in [0.3, 0.4) is 0 Å². The van der Waals surface area contributed by atoms with Gasteiger partial charge in [-0.05, 0) is 55.6 Å². The molecule has 1 aromatic carbocycles. The van der Waals surface area contributed by atoms with Crippen molar-refractivity contribution in [3.05, 3.63) is 57.9 Å². The first-order valence-corrected chi connectivity index (χ1v) is 9.90. The van der Waals surface area contributed by atoms with E-state index >= 15 is 0 Å². The summed E-state index contributed by atoms with van der Waals surface area (Å²) in [5.41, 5.74) is 0.752. The molecule has 0 aliphatic carbocycles. The Morgan fingerprint density at radius 3 is 2.52 bits per heavy atom. The predicted octanol–water partition coefficient (Wildman–Crippen LogP) is 2.78. The van der Waals surface area contributed by atoms with Gasteiger partial charge in [-0.1, -0.05) is 6.07 Å². The Kier molecular flexibility index (Phi) is 4.85. The van der Waals surface area contributed by atoms with Crippen molar-refractivity contribution >= 4 is 39.3 Å². The van der Waals surface area contributed by atoms with Gasteiger partial charge in [0.25, 0.3) is 0 Å². The van der Waals surface area contributed by atoms with Gasteiger partial charge in [-0.3, -0.25) is 0 Å². The number of sulfonamides is 1. The summed E-state index contributed by atoms with van der Waals surface area (Å²) >= 11 is 1.49. The number of thiophene rings is 1. The molecule has 2 heterocycles. The number of carbonyl (C=O) groups excluding carboxylic acids is 1. The molecule has 3 rings (SSSR count). The third-order valence-corrected chi connectivity index (χ3v) is 5.74. The van der Waals surface area contributed by atoms with Gasteiger partial charge in [0.15, 0.2) is 5.70 Å². The van der Waals surface area contributed by atoms with Crippen LogP contribution in [-0.2, 0) is 19.6 Å². The zero-order valence-electron chi connectivity index (χ0n) is 13.6. The Balaban J connectivity index is 1.85. The minimum atomic E-state index is -3.56. The molecule has 0 radical (unpaired) electrons. The fourth-order valence-corrected chi connectivity index (χ4v) is 4.10. The molecule has 1 aliphatic rings. The summed E-state index contributed by atoms with van der Waals surface area (Å²) in [4.78, 5) is 17.2. The van der Waals surface area contributed by atoms with Crippen LogP contribution in [0.25, 0.3) is 6.08 Å². The highest BCUT2D eigenvalue weighted by Gasteiger charge is 2.25. The topological polar surface area (TPSA) is 84.8 Å². The van der Waals surface area contributed by atoms with E-state index in [1.54, 1.807) is 32.1 Å². The van der Waals surface area contributed by atoms with E-state index in [-0.39, 0.29) is 22.5 Å². The highest BCUT2D eigenvalue weighted by atomic mass is 32.2. The maximum atomic E-state index is 12.1. The number of benzene rings is 1. The Hall–Kier alpha value is -2.29. The second-order valence-electron chi connectivity index (χ2n) is 5.65. The zero-order valence-corrected chi connectivity index (χ0v) is 15.2. The maximum Gasteiger partial charge on any atom is 0.363 e. The van der Waals surface area contributed by atoms with Crippen LogP contribution in [0.4, 0.5) is 0 Å². The summed E-state index contributed by atoms with van der Waals surface area (Å²) in [5.74, 6) is -0.366. The van der Waals surface area contributed by atoms with Crippen molar-refractivity contribution < 1.29 is 17.9 Å². The fourth-order valence-electron chi connectivity index (χ4n) is 2.20. The van der Waals surface area contributed by atoms with E-state index in [1.165, 1.54) is 23.5 Å². The van der Waals surface area contributed by atoms with E-state index in [2.05, 4.69) is 9.71 Å². The lowest BCUT2D eigenvalue weighted by Crippen LogP contribution is -2.30. The SMILES string of the molecule is CC(C)NS(=O)(=O)c1ccc(C2=N/C(=C/c3cccs3)C(=O)O2)cc1. The minimum Gasteiger partial charge on any atom is -0.402 e. The van der Waals surface area contributed by atoms with E-state index < -0.39 is 16.0 Å².